The zero-order valence-electron chi connectivity index (χ0n) is 42.2. The Hall–Kier alpha value is -6.62. The van der Waals surface area contributed by atoms with Crippen molar-refractivity contribution in [3.63, 3.8) is 0 Å². The fourth-order valence-electron chi connectivity index (χ4n) is 9.99. The van der Waals surface area contributed by atoms with Gasteiger partial charge >= 0.3 is 11.9 Å². The first-order valence-electron chi connectivity index (χ1n) is 24.7. The van der Waals surface area contributed by atoms with Crippen molar-refractivity contribution in [1.29, 1.82) is 0 Å². The molecule has 4 atom stereocenters. The van der Waals surface area contributed by atoms with Crippen LogP contribution in [0.2, 0.25) is 0 Å². The SMILES string of the molecule is CN(Cc1ccccc1)c1c(OCc2ccccc2)ccc2c1CCC(OC(=O)C(=O)OC1CCc3c(ccc(OCc4ccccc4)c3N(C)Cc3ccccc3)C1NC(C)(C)C)C2NC(C)(C)C. The Morgan fingerprint density at radius 2 is 0.814 bits per heavy atom. The van der Waals surface area contributed by atoms with Crippen molar-refractivity contribution in [3.05, 3.63) is 190 Å². The van der Waals surface area contributed by atoms with E-state index in [4.69, 9.17) is 18.9 Å². The monoisotopic (exact) mass is 943 g/mol. The van der Waals surface area contributed by atoms with E-state index in [9.17, 15) is 9.59 Å². The maximum Gasteiger partial charge on any atom is 0.417 e. The maximum atomic E-state index is 14.2. The zero-order chi connectivity index (χ0) is 49.4. The Morgan fingerprint density at radius 1 is 0.486 bits per heavy atom. The topological polar surface area (TPSA) is 102 Å². The predicted molar refractivity (Wildman–Crippen MR) is 279 cm³/mol. The van der Waals surface area contributed by atoms with Gasteiger partial charge in [0.25, 0.3) is 0 Å². The highest BCUT2D eigenvalue weighted by atomic mass is 16.6. The lowest BCUT2D eigenvalue weighted by Gasteiger charge is -2.40. The molecule has 6 aromatic rings. The van der Waals surface area contributed by atoms with Crippen LogP contribution in [0.4, 0.5) is 11.4 Å². The Kier molecular flexibility index (Phi) is 15.6. The van der Waals surface area contributed by atoms with E-state index in [1.54, 1.807) is 0 Å². The van der Waals surface area contributed by atoms with Crippen LogP contribution in [0.5, 0.6) is 11.5 Å². The molecule has 10 nitrogen and oxygen atoms in total. The molecular weight excluding hydrogens is 873 g/mol. The van der Waals surface area contributed by atoms with Gasteiger partial charge in [-0.2, -0.15) is 0 Å². The fraction of sp³-hybridized carbons (Fsp3) is 0.367. The fourth-order valence-corrected chi connectivity index (χ4v) is 9.99. The highest BCUT2D eigenvalue weighted by Crippen LogP contribution is 2.45. The summed E-state index contributed by atoms with van der Waals surface area (Å²) >= 11 is 0. The van der Waals surface area contributed by atoms with E-state index in [1.807, 2.05) is 60.7 Å². The van der Waals surface area contributed by atoms with E-state index in [-0.39, 0.29) is 11.1 Å². The molecule has 4 unspecified atom stereocenters. The molecule has 6 aromatic carbocycles. The standard InChI is InChI=1S/C60H70N4O6/c1-59(2,3)61-53-45-29-35-51(67-39-43-25-17-11-18-26-43)55(63(7)37-41-21-13-9-14-22-41)47(45)31-33-49(53)69-57(65)58(66)70-50-34-32-48-46(54(50)62-60(4,5)6)30-36-52(68-40-44-27-19-12-20-28-44)56(48)64(8)38-42-23-15-10-16-24-42/h9-30,35-36,49-50,53-54,61-62H,31-34,37-40H2,1-8H3. The summed E-state index contributed by atoms with van der Waals surface area (Å²) in [6.45, 7) is 14.8. The van der Waals surface area contributed by atoms with Gasteiger partial charge in [-0.05, 0) is 124 Å². The third-order valence-corrected chi connectivity index (χ3v) is 13.0. The van der Waals surface area contributed by atoms with Gasteiger partial charge in [-0.1, -0.05) is 133 Å². The Balaban J connectivity index is 1.05. The summed E-state index contributed by atoms with van der Waals surface area (Å²) in [4.78, 5) is 32.8. The minimum Gasteiger partial charge on any atom is -0.487 e. The van der Waals surface area contributed by atoms with Crippen LogP contribution < -0.4 is 29.9 Å². The lowest BCUT2D eigenvalue weighted by atomic mass is 9.82. The first-order chi connectivity index (χ1) is 33.6. The summed E-state index contributed by atoms with van der Waals surface area (Å²) in [7, 11) is 4.19. The molecule has 70 heavy (non-hydrogen) atoms. The zero-order valence-corrected chi connectivity index (χ0v) is 42.2. The van der Waals surface area contributed by atoms with Crippen LogP contribution >= 0.6 is 0 Å². The number of hydrogen-bond donors (Lipinski definition) is 2. The first kappa shape index (κ1) is 49.8. The van der Waals surface area contributed by atoms with Crippen molar-refractivity contribution >= 4 is 23.3 Å². The summed E-state index contributed by atoms with van der Waals surface area (Å²) < 4.78 is 25.7. The van der Waals surface area contributed by atoms with Crippen LogP contribution in [0.1, 0.15) is 111 Å². The highest BCUT2D eigenvalue weighted by molar-refractivity contribution is 6.29. The van der Waals surface area contributed by atoms with Gasteiger partial charge in [0.2, 0.25) is 0 Å². The minimum absolute atomic E-state index is 0.356. The quantitative estimate of drug-likeness (QED) is 0.0720. The summed E-state index contributed by atoms with van der Waals surface area (Å²) in [6.07, 6.45) is 0.929. The third kappa shape index (κ3) is 12.6. The molecule has 8 rings (SSSR count). The molecule has 2 aliphatic carbocycles. The smallest absolute Gasteiger partial charge is 0.417 e. The van der Waals surface area contributed by atoms with E-state index in [0.717, 1.165) is 56.3 Å². The molecule has 2 N–H and O–H groups in total. The molecule has 0 fully saturated rings. The van der Waals surface area contributed by atoms with Crippen LogP contribution in [0, 0.1) is 0 Å². The van der Waals surface area contributed by atoms with Gasteiger partial charge in [0.05, 0.1) is 23.5 Å². The molecule has 366 valence electrons. The Labute approximate surface area is 415 Å². The average molecular weight is 943 g/mol. The normalized spacial score (nSPS) is 17.7. The van der Waals surface area contributed by atoms with Gasteiger partial charge in [0.15, 0.2) is 0 Å². The predicted octanol–water partition coefficient (Wildman–Crippen LogP) is 11.4. The lowest BCUT2D eigenvalue weighted by molar-refractivity contribution is -0.177. The number of anilines is 2. The average Bonchev–Trinajstić information content (AvgIpc) is 3.34. The summed E-state index contributed by atoms with van der Waals surface area (Å²) in [5.41, 5.74) is 10.1. The number of carbonyl (C=O) groups is 2. The van der Waals surface area contributed by atoms with E-state index in [2.05, 4.69) is 161 Å². The van der Waals surface area contributed by atoms with E-state index >= 15 is 0 Å². The van der Waals surface area contributed by atoms with Crippen LogP contribution in [-0.2, 0) is 58.2 Å². The summed E-state index contributed by atoms with van der Waals surface area (Å²) in [5, 5.41) is 7.53. The van der Waals surface area contributed by atoms with Crippen molar-refractivity contribution in [2.24, 2.45) is 0 Å². The van der Waals surface area contributed by atoms with Crippen molar-refractivity contribution < 1.29 is 28.5 Å². The van der Waals surface area contributed by atoms with Crippen molar-refractivity contribution in [2.45, 2.75) is 129 Å². The molecule has 0 spiro atoms. The Bertz CT molecular complexity index is 2500. The van der Waals surface area contributed by atoms with E-state index in [1.165, 1.54) is 11.1 Å². The van der Waals surface area contributed by atoms with Crippen LogP contribution in [0.25, 0.3) is 0 Å². The molecule has 0 aliphatic heterocycles. The van der Waals surface area contributed by atoms with Gasteiger partial charge in [-0.25, -0.2) is 9.59 Å². The molecule has 0 aromatic heterocycles. The van der Waals surface area contributed by atoms with E-state index < -0.39 is 36.2 Å². The van der Waals surface area contributed by atoms with Crippen molar-refractivity contribution in [1.82, 2.24) is 10.6 Å². The summed E-state index contributed by atoms with van der Waals surface area (Å²) in [6, 6.07) is 48.6. The number of rotatable bonds is 16. The molecule has 0 saturated carbocycles. The first-order valence-corrected chi connectivity index (χ1v) is 24.7. The number of nitrogens with zero attached hydrogens (tertiary/aromatic N) is 2. The molecule has 2 aliphatic rings. The van der Waals surface area contributed by atoms with Crippen LogP contribution in [0.15, 0.2) is 146 Å². The lowest BCUT2D eigenvalue weighted by Crippen LogP contribution is -2.49. The number of esters is 2. The van der Waals surface area contributed by atoms with Gasteiger partial charge in [-0.3, -0.25) is 0 Å². The largest absolute Gasteiger partial charge is 0.487 e. The second-order valence-electron chi connectivity index (χ2n) is 20.9. The highest BCUT2D eigenvalue weighted by Gasteiger charge is 2.41. The number of fused-ring (bicyclic) bond motifs is 2. The van der Waals surface area contributed by atoms with Gasteiger partial charge in [0, 0.05) is 38.3 Å². The molecule has 0 radical (unpaired) electrons. The van der Waals surface area contributed by atoms with Crippen molar-refractivity contribution in [3.8, 4) is 11.5 Å². The van der Waals surface area contributed by atoms with Crippen molar-refractivity contribution in [2.75, 3.05) is 23.9 Å². The second-order valence-corrected chi connectivity index (χ2v) is 20.9. The summed E-state index contributed by atoms with van der Waals surface area (Å²) in [5.74, 6) is -0.417. The number of carbonyl (C=O) groups excluding carboxylic acids is 2. The molecule has 0 bridgehead atoms. The molecule has 10 heteroatoms. The molecule has 0 saturated heterocycles. The van der Waals surface area contributed by atoms with Crippen LogP contribution in [0.3, 0.4) is 0 Å². The number of benzene rings is 6. The second kappa shape index (κ2) is 22.0. The van der Waals surface area contributed by atoms with Crippen LogP contribution in [-0.4, -0.2) is 49.3 Å². The number of nitrogens with one attached hydrogen (secondary N) is 2. The Morgan fingerprint density at radius 3 is 1.14 bits per heavy atom. The molecule has 0 heterocycles. The van der Waals surface area contributed by atoms with Gasteiger partial charge in [0.1, 0.15) is 36.9 Å². The van der Waals surface area contributed by atoms with Gasteiger partial charge in [-0.15, -0.1) is 0 Å². The molecular formula is C60H70N4O6. The van der Waals surface area contributed by atoms with Gasteiger partial charge < -0.3 is 39.4 Å². The minimum atomic E-state index is -0.994. The third-order valence-electron chi connectivity index (χ3n) is 13.0. The molecule has 0 amide bonds. The number of hydrogen-bond acceptors (Lipinski definition) is 10. The number of ether oxygens (including phenoxy) is 4. The van der Waals surface area contributed by atoms with E-state index in [0.29, 0.717) is 52.0 Å². The maximum absolute atomic E-state index is 14.2.